The first-order valence-corrected chi connectivity index (χ1v) is 7.88. The average Bonchev–Trinajstić information content (AvgIpc) is 3.20. The summed E-state index contributed by atoms with van der Waals surface area (Å²) in [5.74, 6) is 0.387. The van der Waals surface area contributed by atoms with Crippen LogP contribution in [0.5, 0.6) is 0 Å². The Morgan fingerprint density at radius 2 is 2.00 bits per heavy atom. The van der Waals surface area contributed by atoms with Crippen LogP contribution in [0, 0.1) is 0 Å². The third kappa shape index (κ3) is 4.07. The van der Waals surface area contributed by atoms with E-state index >= 15 is 0 Å². The summed E-state index contributed by atoms with van der Waals surface area (Å²) in [6.07, 6.45) is 3.07. The molecule has 0 radical (unpaired) electrons. The Bertz CT molecular complexity index is 907. The zero-order valence-electron chi connectivity index (χ0n) is 14.1. The van der Waals surface area contributed by atoms with Crippen molar-refractivity contribution in [2.75, 3.05) is 12.4 Å². The fraction of sp³-hybridized carbons (Fsp3) is 0.105. The fourth-order valence-electron chi connectivity index (χ4n) is 2.34. The van der Waals surface area contributed by atoms with Crippen LogP contribution in [0.3, 0.4) is 0 Å². The van der Waals surface area contributed by atoms with Crippen LogP contribution < -0.4 is 10.6 Å². The minimum atomic E-state index is -0.458. The standard InChI is InChI=1S/C19H17N3O4/c1-25-19(24)15-6-2-3-7-16(15)22-17-11-13(8-9-20-17)18(23)21-12-14-5-4-10-26-14/h2-11H,12H2,1H3,(H,20,22)(H,21,23). The van der Waals surface area contributed by atoms with Gasteiger partial charge in [0.25, 0.3) is 5.91 Å². The second-order valence-electron chi connectivity index (χ2n) is 5.35. The highest BCUT2D eigenvalue weighted by atomic mass is 16.5. The van der Waals surface area contributed by atoms with E-state index < -0.39 is 5.97 Å². The number of carbonyl (C=O) groups is 2. The first kappa shape index (κ1) is 17.2. The number of pyridine rings is 1. The number of para-hydroxylation sites is 1. The number of carbonyl (C=O) groups excluding carboxylic acids is 2. The zero-order valence-corrected chi connectivity index (χ0v) is 14.1. The highest BCUT2D eigenvalue weighted by Gasteiger charge is 2.13. The molecule has 0 fully saturated rings. The summed E-state index contributed by atoms with van der Waals surface area (Å²) in [6, 6.07) is 13.7. The summed E-state index contributed by atoms with van der Waals surface area (Å²) in [5.41, 5.74) is 1.36. The minimum absolute atomic E-state index is 0.256. The summed E-state index contributed by atoms with van der Waals surface area (Å²) in [4.78, 5) is 28.3. The topological polar surface area (TPSA) is 93.5 Å². The molecular weight excluding hydrogens is 334 g/mol. The van der Waals surface area contributed by atoms with E-state index in [1.54, 1.807) is 54.8 Å². The van der Waals surface area contributed by atoms with Gasteiger partial charge in [0.15, 0.2) is 0 Å². The van der Waals surface area contributed by atoms with Gasteiger partial charge in [-0.25, -0.2) is 9.78 Å². The number of anilines is 2. The largest absolute Gasteiger partial charge is 0.467 e. The molecule has 1 aromatic carbocycles. The smallest absolute Gasteiger partial charge is 0.339 e. The molecule has 0 aliphatic rings. The van der Waals surface area contributed by atoms with Crippen LogP contribution in [-0.2, 0) is 11.3 Å². The summed E-state index contributed by atoms with van der Waals surface area (Å²) in [5, 5.41) is 5.81. The SMILES string of the molecule is COC(=O)c1ccccc1Nc1cc(C(=O)NCc2ccco2)ccn1. The molecule has 0 spiro atoms. The maximum absolute atomic E-state index is 12.3. The number of nitrogens with zero attached hydrogens (tertiary/aromatic N) is 1. The number of aromatic nitrogens is 1. The van der Waals surface area contributed by atoms with Gasteiger partial charge in [-0.1, -0.05) is 12.1 Å². The van der Waals surface area contributed by atoms with Crippen molar-refractivity contribution in [3.05, 3.63) is 77.9 Å². The first-order chi connectivity index (χ1) is 12.7. The van der Waals surface area contributed by atoms with Crippen molar-refractivity contribution in [3.8, 4) is 0 Å². The lowest BCUT2D eigenvalue weighted by Gasteiger charge is -2.11. The molecule has 0 aliphatic carbocycles. The quantitative estimate of drug-likeness (QED) is 0.663. The molecule has 2 heterocycles. The number of rotatable bonds is 6. The maximum atomic E-state index is 12.3. The van der Waals surface area contributed by atoms with E-state index in [9.17, 15) is 9.59 Å². The number of furan rings is 1. The van der Waals surface area contributed by atoms with Crippen LogP contribution in [0.4, 0.5) is 11.5 Å². The Labute approximate surface area is 150 Å². The van der Waals surface area contributed by atoms with Gasteiger partial charge in [-0.3, -0.25) is 4.79 Å². The van der Waals surface area contributed by atoms with Gasteiger partial charge < -0.3 is 19.8 Å². The molecule has 0 aliphatic heterocycles. The number of esters is 1. The Morgan fingerprint density at radius 1 is 1.15 bits per heavy atom. The van der Waals surface area contributed by atoms with Gasteiger partial charge in [-0.15, -0.1) is 0 Å². The first-order valence-electron chi connectivity index (χ1n) is 7.88. The van der Waals surface area contributed by atoms with Crippen molar-refractivity contribution in [2.45, 2.75) is 6.54 Å². The lowest BCUT2D eigenvalue weighted by atomic mass is 10.1. The molecule has 0 saturated carbocycles. The molecule has 132 valence electrons. The van der Waals surface area contributed by atoms with Gasteiger partial charge in [-0.2, -0.15) is 0 Å². The number of amides is 1. The van der Waals surface area contributed by atoms with E-state index in [0.717, 1.165) is 0 Å². The highest BCUT2D eigenvalue weighted by molar-refractivity contribution is 5.97. The van der Waals surface area contributed by atoms with Gasteiger partial charge in [0.05, 0.1) is 31.2 Å². The lowest BCUT2D eigenvalue weighted by Crippen LogP contribution is -2.22. The van der Waals surface area contributed by atoms with Crippen molar-refractivity contribution in [2.24, 2.45) is 0 Å². The van der Waals surface area contributed by atoms with Crippen LogP contribution in [0.1, 0.15) is 26.5 Å². The number of hydrogen-bond acceptors (Lipinski definition) is 6. The second kappa shape index (κ2) is 7.98. The monoisotopic (exact) mass is 351 g/mol. The van der Waals surface area contributed by atoms with Crippen LogP contribution in [0.2, 0.25) is 0 Å². The fourth-order valence-corrected chi connectivity index (χ4v) is 2.34. The zero-order chi connectivity index (χ0) is 18.4. The molecule has 0 saturated heterocycles. The van der Waals surface area contributed by atoms with Crippen molar-refractivity contribution in [1.29, 1.82) is 0 Å². The lowest BCUT2D eigenvalue weighted by molar-refractivity contribution is 0.0601. The summed E-state index contributed by atoms with van der Waals surface area (Å²) in [6.45, 7) is 0.294. The third-order valence-corrected chi connectivity index (χ3v) is 3.62. The van der Waals surface area contributed by atoms with E-state index in [-0.39, 0.29) is 5.91 Å². The minimum Gasteiger partial charge on any atom is -0.467 e. The Kier molecular flexibility index (Phi) is 5.28. The van der Waals surface area contributed by atoms with E-state index in [0.29, 0.717) is 34.9 Å². The van der Waals surface area contributed by atoms with E-state index in [1.165, 1.54) is 13.3 Å². The number of ether oxygens (including phenoxy) is 1. The van der Waals surface area contributed by atoms with Gasteiger partial charge in [0, 0.05) is 11.8 Å². The number of methoxy groups -OCH3 is 1. The molecule has 0 bridgehead atoms. The predicted octanol–water partition coefficient (Wildman–Crippen LogP) is 3.13. The van der Waals surface area contributed by atoms with Crippen molar-refractivity contribution < 1.29 is 18.7 Å². The Balaban J connectivity index is 1.73. The van der Waals surface area contributed by atoms with Crippen LogP contribution in [0.25, 0.3) is 0 Å². The molecule has 7 heteroatoms. The number of benzene rings is 1. The summed E-state index contributed by atoms with van der Waals surface area (Å²) >= 11 is 0. The van der Waals surface area contributed by atoms with Crippen LogP contribution >= 0.6 is 0 Å². The summed E-state index contributed by atoms with van der Waals surface area (Å²) in [7, 11) is 1.32. The number of hydrogen-bond donors (Lipinski definition) is 2. The number of nitrogens with one attached hydrogen (secondary N) is 2. The Hall–Kier alpha value is -3.61. The molecule has 1 amide bonds. The van der Waals surface area contributed by atoms with Gasteiger partial charge >= 0.3 is 5.97 Å². The molecular formula is C19H17N3O4. The molecule has 2 aromatic heterocycles. The average molecular weight is 351 g/mol. The molecule has 26 heavy (non-hydrogen) atoms. The molecule has 2 N–H and O–H groups in total. The molecule has 3 aromatic rings. The van der Waals surface area contributed by atoms with E-state index in [4.69, 9.17) is 9.15 Å². The molecule has 7 nitrogen and oxygen atoms in total. The van der Waals surface area contributed by atoms with E-state index in [2.05, 4.69) is 15.6 Å². The van der Waals surface area contributed by atoms with Gasteiger partial charge in [0.1, 0.15) is 11.6 Å². The van der Waals surface area contributed by atoms with Crippen molar-refractivity contribution >= 4 is 23.4 Å². The third-order valence-electron chi connectivity index (χ3n) is 3.62. The van der Waals surface area contributed by atoms with E-state index in [1.807, 2.05) is 0 Å². The molecule has 3 rings (SSSR count). The van der Waals surface area contributed by atoms with Gasteiger partial charge in [-0.05, 0) is 36.4 Å². The Morgan fingerprint density at radius 3 is 2.77 bits per heavy atom. The van der Waals surface area contributed by atoms with Gasteiger partial charge in [0.2, 0.25) is 0 Å². The normalized spacial score (nSPS) is 10.2. The van der Waals surface area contributed by atoms with Crippen molar-refractivity contribution in [3.63, 3.8) is 0 Å². The molecule has 0 unspecified atom stereocenters. The van der Waals surface area contributed by atoms with Crippen molar-refractivity contribution in [1.82, 2.24) is 10.3 Å². The summed E-state index contributed by atoms with van der Waals surface area (Å²) < 4.78 is 9.96. The van der Waals surface area contributed by atoms with Crippen LogP contribution in [-0.4, -0.2) is 24.0 Å². The second-order valence-corrected chi connectivity index (χ2v) is 5.35. The predicted molar refractivity (Wildman–Crippen MR) is 95.2 cm³/mol. The highest BCUT2D eigenvalue weighted by Crippen LogP contribution is 2.21. The maximum Gasteiger partial charge on any atom is 0.339 e. The molecule has 0 atom stereocenters. The van der Waals surface area contributed by atoms with Crippen LogP contribution in [0.15, 0.2) is 65.4 Å².